The topological polar surface area (TPSA) is 33.7 Å². The highest BCUT2D eigenvalue weighted by atomic mass is 32.1. The molecule has 0 spiro atoms. The molecule has 0 amide bonds. The maximum absolute atomic E-state index is 5.85. The monoisotopic (exact) mass is 384 g/mol. The first-order valence-corrected chi connectivity index (χ1v) is 10.0. The van der Waals surface area contributed by atoms with Crippen LogP contribution in [0.1, 0.15) is 30.9 Å². The van der Waals surface area contributed by atoms with E-state index in [9.17, 15) is 0 Å². The minimum absolute atomic E-state index is 0.245. The van der Waals surface area contributed by atoms with Crippen LogP contribution >= 0.6 is 12.2 Å². The van der Waals surface area contributed by atoms with Gasteiger partial charge in [-0.15, -0.1) is 0 Å². The smallest absolute Gasteiger partial charge is 0.173 e. The molecule has 2 aromatic rings. The van der Waals surface area contributed by atoms with E-state index in [1.165, 1.54) is 11.1 Å². The third kappa shape index (κ3) is 5.68. The summed E-state index contributed by atoms with van der Waals surface area (Å²) in [6, 6.07) is 16.4. The lowest BCUT2D eigenvalue weighted by Crippen LogP contribution is -2.39. The van der Waals surface area contributed by atoms with Gasteiger partial charge in [-0.3, -0.25) is 0 Å². The van der Waals surface area contributed by atoms with E-state index in [-0.39, 0.29) is 6.10 Å². The SMILES string of the molecule is CCOc1ccc(NC(=S)N(Cc2ccccc2C)CC2CCCO2)cc1. The summed E-state index contributed by atoms with van der Waals surface area (Å²) >= 11 is 5.75. The first kappa shape index (κ1) is 19.6. The van der Waals surface area contributed by atoms with Crippen LogP contribution in [0.4, 0.5) is 5.69 Å². The molecule has 2 aromatic carbocycles. The second-order valence-corrected chi connectivity index (χ2v) is 7.22. The van der Waals surface area contributed by atoms with Crippen LogP contribution in [0.2, 0.25) is 0 Å². The van der Waals surface area contributed by atoms with Gasteiger partial charge in [-0.2, -0.15) is 0 Å². The summed E-state index contributed by atoms with van der Waals surface area (Å²) in [4.78, 5) is 2.21. The molecule has 1 unspecified atom stereocenters. The average molecular weight is 385 g/mol. The summed E-state index contributed by atoms with van der Waals surface area (Å²) in [7, 11) is 0. The molecule has 1 saturated heterocycles. The van der Waals surface area contributed by atoms with Crippen LogP contribution in [0, 0.1) is 6.92 Å². The lowest BCUT2D eigenvalue weighted by molar-refractivity contribution is 0.0905. The molecule has 1 heterocycles. The second kappa shape index (κ2) is 9.72. The van der Waals surface area contributed by atoms with E-state index >= 15 is 0 Å². The Bertz CT molecular complexity index is 742. The van der Waals surface area contributed by atoms with Gasteiger partial charge in [-0.05, 0) is 74.3 Å². The van der Waals surface area contributed by atoms with E-state index in [4.69, 9.17) is 21.7 Å². The molecule has 0 bridgehead atoms. The number of thiocarbonyl (C=S) groups is 1. The van der Waals surface area contributed by atoms with Crippen molar-refractivity contribution in [3.8, 4) is 5.75 Å². The van der Waals surface area contributed by atoms with Crippen LogP contribution in [-0.4, -0.2) is 35.9 Å². The molecule has 4 nitrogen and oxygen atoms in total. The Kier molecular flexibility index (Phi) is 7.07. The summed E-state index contributed by atoms with van der Waals surface area (Å²) in [5.74, 6) is 0.866. The zero-order chi connectivity index (χ0) is 19.1. The molecular weight excluding hydrogens is 356 g/mol. The van der Waals surface area contributed by atoms with Gasteiger partial charge in [0.1, 0.15) is 5.75 Å². The Balaban J connectivity index is 1.70. The predicted molar refractivity (Wildman–Crippen MR) is 114 cm³/mol. The summed E-state index contributed by atoms with van der Waals surface area (Å²) < 4.78 is 11.4. The minimum atomic E-state index is 0.245. The quantitative estimate of drug-likeness (QED) is 0.696. The van der Waals surface area contributed by atoms with Crippen LogP contribution in [-0.2, 0) is 11.3 Å². The van der Waals surface area contributed by atoms with Crippen molar-refractivity contribution in [2.24, 2.45) is 0 Å². The number of anilines is 1. The highest BCUT2D eigenvalue weighted by Gasteiger charge is 2.21. The van der Waals surface area contributed by atoms with Gasteiger partial charge in [0.15, 0.2) is 5.11 Å². The van der Waals surface area contributed by atoms with Crippen LogP contribution in [0.3, 0.4) is 0 Å². The molecular formula is C22H28N2O2S. The molecule has 1 aliphatic rings. The minimum Gasteiger partial charge on any atom is -0.494 e. The molecule has 0 aliphatic carbocycles. The fourth-order valence-corrected chi connectivity index (χ4v) is 3.51. The third-order valence-corrected chi connectivity index (χ3v) is 5.13. The average Bonchev–Trinajstić information content (AvgIpc) is 3.18. The van der Waals surface area contributed by atoms with E-state index in [1.807, 2.05) is 31.2 Å². The number of benzene rings is 2. The molecule has 144 valence electrons. The van der Waals surface area contributed by atoms with Gasteiger partial charge in [-0.25, -0.2) is 0 Å². The maximum Gasteiger partial charge on any atom is 0.173 e. The zero-order valence-electron chi connectivity index (χ0n) is 16.1. The highest BCUT2D eigenvalue weighted by molar-refractivity contribution is 7.80. The molecule has 0 aromatic heterocycles. The zero-order valence-corrected chi connectivity index (χ0v) is 16.9. The lowest BCUT2D eigenvalue weighted by atomic mass is 10.1. The fraction of sp³-hybridized carbons (Fsp3) is 0.409. The second-order valence-electron chi connectivity index (χ2n) is 6.83. The van der Waals surface area contributed by atoms with Gasteiger partial charge in [-0.1, -0.05) is 24.3 Å². The molecule has 1 atom stereocenters. The van der Waals surface area contributed by atoms with Gasteiger partial charge in [0.2, 0.25) is 0 Å². The Morgan fingerprint density at radius 1 is 1.22 bits per heavy atom. The van der Waals surface area contributed by atoms with Gasteiger partial charge >= 0.3 is 0 Å². The first-order valence-electron chi connectivity index (χ1n) is 9.60. The van der Waals surface area contributed by atoms with Crippen molar-refractivity contribution in [2.45, 2.75) is 39.3 Å². The number of nitrogens with zero attached hydrogens (tertiary/aromatic N) is 1. The number of hydrogen-bond donors (Lipinski definition) is 1. The van der Waals surface area contributed by atoms with Gasteiger partial charge in [0, 0.05) is 25.4 Å². The fourth-order valence-electron chi connectivity index (χ4n) is 3.25. The molecule has 1 N–H and O–H groups in total. The standard InChI is InChI=1S/C22H28N2O2S/c1-3-25-20-12-10-19(11-13-20)23-22(27)24(16-21-9-6-14-26-21)15-18-8-5-4-7-17(18)2/h4-5,7-8,10-13,21H,3,6,9,14-16H2,1-2H3,(H,23,27). The summed E-state index contributed by atoms with van der Waals surface area (Å²) in [5, 5.41) is 4.09. The maximum atomic E-state index is 5.85. The molecule has 3 rings (SSSR count). The largest absolute Gasteiger partial charge is 0.494 e. The van der Waals surface area contributed by atoms with Crippen molar-refractivity contribution < 1.29 is 9.47 Å². The Labute approximate surface area is 167 Å². The normalized spacial score (nSPS) is 16.1. The van der Waals surface area contributed by atoms with Crippen molar-refractivity contribution >= 4 is 23.0 Å². The van der Waals surface area contributed by atoms with Crippen molar-refractivity contribution in [3.63, 3.8) is 0 Å². The Morgan fingerprint density at radius 2 is 2.00 bits per heavy atom. The molecule has 1 fully saturated rings. The van der Waals surface area contributed by atoms with E-state index < -0.39 is 0 Å². The third-order valence-electron chi connectivity index (χ3n) is 4.77. The predicted octanol–water partition coefficient (Wildman–Crippen LogP) is 4.77. The number of rotatable bonds is 7. The number of ether oxygens (including phenoxy) is 2. The molecule has 0 saturated carbocycles. The Morgan fingerprint density at radius 3 is 2.67 bits per heavy atom. The summed E-state index contributed by atoms with van der Waals surface area (Å²) in [6.45, 7) is 7.21. The highest BCUT2D eigenvalue weighted by Crippen LogP contribution is 2.20. The van der Waals surface area contributed by atoms with Crippen molar-refractivity contribution in [2.75, 3.05) is 25.1 Å². The number of nitrogens with one attached hydrogen (secondary N) is 1. The Hall–Kier alpha value is -2.11. The summed E-state index contributed by atoms with van der Waals surface area (Å²) in [6.07, 6.45) is 2.46. The van der Waals surface area contributed by atoms with Gasteiger partial charge in [0.05, 0.1) is 12.7 Å². The molecule has 0 radical (unpaired) electrons. The number of hydrogen-bond acceptors (Lipinski definition) is 3. The van der Waals surface area contributed by atoms with E-state index in [0.717, 1.165) is 49.1 Å². The summed E-state index contributed by atoms with van der Waals surface area (Å²) in [5.41, 5.74) is 3.52. The molecule has 1 aliphatic heterocycles. The van der Waals surface area contributed by atoms with Crippen molar-refractivity contribution in [1.29, 1.82) is 0 Å². The van der Waals surface area contributed by atoms with E-state index in [2.05, 4.69) is 41.4 Å². The van der Waals surface area contributed by atoms with Crippen molar-refractivity contribution in [3.05, 3.63) is 59.7 Å². The molecule has 27 heavy (non-hydrogen) atoms. The van der Waals surface area contributed by atoms with Crippen LogP contribution < -0.4 is 10.1 Å². The van der Waals surface area contributed by atoms with E-state index in [1.54, 1.807) is 0 Å². The lowest BCUT2D eigenvalue weighted by Gasteiger charge is -2.29. The van der Waals surface area contributed by atoms with Crippen LogP contribution in [0.5, 0.6) is 5.75 Å². The molecule has 5 heteroatoms. The number of aryl methyl sites for hydroxylation is 1. The van der Waals surface area contributed by atoms with Gasteiger partial charge < -0.3 is 19.7 Å². The van der Waals surface area contributed by atoms with Crippen LogP contribution in [0.15, 0.2) is 48.5 Å². The van der Waals surface area contributed by atoms with Crippen molar-refractivity contribution in [1.82, 2.24) is 4.90 Å². The van der Waals surface area contributed by atoms with E-state index in [0.29, 0.717) is 6.61 Å². The first-order chi connectivity index (χ1) is 13.2. The van der Waals surface area contributed by atoms with Gasteiger partial charge in [0.25, 0.3) is 0 Å². The van der Waals surface area contributed by atoms with Crippen LogP contribution in [0.25, 0.3) is 0 Å².